The van der Waals surface area contributed by atoms with Crippen molar-refractivity contribution in [3.8, 4) is 17.2 Å². The van der Waals surface area contributed by atoms with Crippen molar-refractivity contribution in [2.45, 2.75) is 57.5 Å². The average molecular weight is 510 g/mol. The molecule has 2 aliphatic heterocycles. The third-order valence-electron chi connectivity index (χ3n) is 7.31. The van der Waals surface area contributed by atoms with E-state index in [1.165, 1.54) is 0 Å². The van der Waals surface area contributed by atoms with Gasteiger partial charge in [-0.3, -0.25) is 9.59 Å². The van der Waals surface area contributed by atoms with Crippen LogP contribution in [0.2, 0.25) is 0 Å². The molecule has 0 saturated carbocycles. The first kappa shape index (κ1) is 27.1. The Morgan fingerprint density at radius 2 is 1.65 bits per heavy atom. The van der Waals surface area contributed by atoms with Crippen LogP contribution in [0.1, 0.15) is 73.4 Å². The number of benzene rings is 2. The Labute approximate surface area is 219 Å². The van der Waals surface area contributed by atoms with Gasteiger partial charge in [-0.2, -0.15) is 0 Å². The number of fused-ring (bicyclic) bond motifs is 1. The summed E-state index contributed by atoms with van der Waals surface area (Å²) in [4.78, 5) is 27.7. The number of aliphatic hydroxyl groups excluding tert-OH is 1. The Hall–Kier alpha value is -2.90. The largest absolute Gasteiger partial charge is 0.497 e. The van der Waals surface area contributed by atoms with E-state index in [-0.39, 0.29) is 17.5 Å². The van der Waals surface area contributed by atoms with Crippen molar-refractivity contribution in [2.24, 2.45) is 5.92 Å². The fourth-order valence-electron chi connectivity index (χ4n) is 5.19. The molecule has 200 valence electrons. The lowest BCUT2D eigenvalue weighted by atomic mass is 9.89. The molecule has 7 heteroatoms. The zero-order valence-corrected chi connectivity index (χ0v) is 21.8. The highest BCUT2D eigenvalue weighted by atomic mass is 16.6. The van der Waals surface area contributed by atoms with Gasteiger partial charge in [0.1, 0.15) is 24.7 Å². The number of Topliss-reactive ketones (excluding diaryl/α,β-unsaturated/α-hetero) is 2. The smallest absolute Gasteiger partial charge is 0.162 e. The predicted molar refractivity (Wildman–Crippen MR) is 142 cm³/mol. The first-order valence-corrected chi connectivity index (χ1v) is 13.5. The number of hydrogen-bond donors (Lipinski definition) is 1. The van der Waals surface area contributed by atoms with Crippen LogP contribution in [0.4, 0.5) is 0 Å². The molecule has 2 atom stereocenters. The van der Waals surface area contributed by atoms with Gasteiger partial charge in [0.15, 0.2) is 17.3 Å². The highest BCUT2D eigenvalue weighted by Gasteiger charge is 2.28. The molecule has 4 rings (SSSR count). The van der Waals surface area contributed by atoms with Crippen molar-refractivity contribution >= 4 is 11.6 Å². The van der Waals surface area contributed by atoms with Crippen LogP contribution in [0.25, 0.3) is 0 Å². The fraction of sp³-hybridized carbons (Fsp3) is 0.533. The molecule has 0 unspecified atom stereocenters. The summed E-state index contributed by atoms with van der Waals surface area (Å²) in [6.07, 6.45) is 5.21. The number of carbonyl (C=O) groups excluding carboxylic acids is 2. The number of unbranched alkanes of at least 4 members (excludes halogenated alkanes) is 2. The Balaban J connectivity index is 1.26. The van der Waals surface area contributed by atoms with Crippen LogP contribution in [-0.2, 0) is 4.79 Å². The Kier molecular flexibility index (Phi) is 9.97. The third kappa shape index (κ3) is 7.79. The molecule has 0 spiro atoms. The van der Waals surface area contributed by atoms with E-state index >= 15 is 0 Å². The number of nitrogens with zero attached hydrogens (tertiary/aromatic N) is 1. The van der Waals surface area contributed by atoms with Gasteiger partial charge < -0.3 is 24.2 Å². The van der Waals surface area contributed by atoms with Crippen LogP contribution in [0.3, 0.4) is 0 Å². The quantitative estimate of drug-likeness (QED) is 0.283. The van der Waals surface area contributed by atoms with Gasteiger partial charge in [0.2, 0.25) is 0 Å². The molecule has 1 saturated heterocycles. The standard InChI is InChI=1S/C30H39NO6/c1-35-26-12-9-22(10-13-26)27(33)8-4-2-3-7-25(32)19-24(21-31-15-5-6-16-31)30(34)23-11-14-28-29(20-23)37-18-17-36-28/h9-14,20,24,30,34H,2-8,15-19,21H2,1H3/t24-,30+/m1/s1. The monoisotopic (exact) mass is 509 g/mol. The molecular formula is C30H39NO6. The number of rotatable bonds is 14. The summed E-state index contributed by atoms with van der Waals surface area (Å²) in [7, 11) is 1.60. The second-order valence-electron chi connectivity index (χ2n) is 10.1. The number of carbonyl (C=O) groups is 2. The fourth-order valence-corrected chi connectivity index (χ4v) is 5.19. The van der Waals surface area contributed by atoms with E-state index in [1.807, 2.05) is 18.2 Å². The third-order valence-corrected chi connectivity index (χ3v) is 7.31. The predicted octanol–water partition coefficient (Wildman–Crippen LogP) is 5.00. The molecule has 0 aromatic heterocycles. The highest BCUT2D eigenvalue weighted by Crippen LogP contribution is 2.36. The maximum atomic E-state index is 12.9. The number of likely N-dealkylation sites (tertiary alicyclic amines) is 1. The van der Waals surface area contributed by atoms with E-state index in [0.717, 1.165) is 56.5 Å². The second-order valence-corrected chi connectivity index (χ2v) is 10.1. The Bertz CT molecular complexity index is 1030. The Morgan fingerprint density at radius 3 is 2.38 bits per heavy atom. The molecule has 1 fully saturated rings. The van der Waals surface area contributed by atoms with Gasteiger partial charge in [0.05, 0.1) is 13.2 Å². The molecule has 2 aromatic rings. The summed E-state index contributed by atoms with van der Waals surface area (Å²) in [6, 6.07) is 12.7. The van der Waals surface area contributed by atoms with Crippen molar-refractivity contribution in [1.82, 2.24) is 4.90 Å². The number of methoxy groups -OCH3 is 1. The van der Waals surface area contributed by atoms with Crippen LogP contribution < -0.4 is 14.2 Å². The van der Waals surface area contributed by atoms with Crippen LogP contribution >= 0.6 is 0 Å². The Morgan fingerprint density at radius 1 is 0.946 bits per heavy atom. The van der Waals surface area contributed by atoms with Gasteiger partial charge in [-0.15, -0.1) is 0 Å². The molecule has 7 nitrogen and oxygen atoms in total. The van der Waals surface area contributed by atoms with E-state index in [2.05, 4.69) is 4.90 Å². The number of ether oxygens (including phenoxy) is 3. The lowest BCUT2D eigenvalue weighted by molar-refractivity contribution is -0.121. The van der Waals surface area contributed by atoms with Gasteiger partial charge >= 0.3 is 0 Å². The normalized spacial score (nSPS) is 16.8. The summed E-state index contributed by atoms with van der Waals surface area (Å²) in [6.45, 7) is 3.75. The van der Waals surface area contributed by atoms with E-state index in [9.17, 15) is 14.7 Å². The van der Waals surface area contributed by atoms with Crippen molar-refractivity contribution < 1.29 is 28.9 Å². The molecule has 2 heterocycles. The minimum atomic E-state index is -0.748. The topological polar surface area (TPSA) is 85.3 Å². The minimum absolute atomic E-state index is 0.113. The van der Waals surface area contributed by atoms with Gasteiger partial charge in [-0.05, 0) is 80.7 Å². The summed E-state index contributed by atoms with van der Waals surface area (Å²) in [5.41, 5.74) is 1.45. The van der Waals surface area contributed by atoms with E-state index in [1.54, 1.807) is 31.4 Å². The van der Waals surface area contributed by atoms with Crippen molar-refractivity contribution in [2.75, 3.05) is 40.0 Å². The van der Waals surface area contributed by atoms with Gasteiger partial charge in [0, 0.05) is 37.3 Å². The molecule has 0 radical (unpaired) electrons. The van der Waals surface area contributed by atoms with Crippen LogP contribution in [0.15, 0.2) is 42.5 Å². The van der Waals surface area contributed by atoms with Gasteiger partial charge in [0.25, 0.3) is 0 Å². The minimum Gasteiger partial charge on any atom is -0.497 e. The lowest BCUT2D eigenvalue weighted by Gasteiger charge is -2.28. The van der Waals surface area contributed by atoms with Crippen molar-refractivity contribution in [1.29, 1.82) is 0 Å². The zero-order valence-electron chi connectivity index (χ0n) is 21.8. The van der Waals surface area contributed by atoms with E-state index in [0.29, 0.717) is 56.1 Å². The van der Waals surface area contributed by atoms with Crippen LogP contribution in [0.5, 0.6) is 17.2 Å². The molecular weight excluding hydrogens is 470 g/mol. The second kappa shape index (κ2) is 13.6. The molecule has 2 aliphatic rings. The lowest BCUT2D eigenvalue weighted by Crippen LogP contribution is -2.31. The first-order chi connectivity index (χ1) is 18.0. The first-order valence-electron chi connectivity index (χ1n) is 13.5. The van der Waals surface area contributed by atoms with Crippen LogP contribution in [-0.4, -0.2) is 61.5 Å². The summed E-state index contributed by atoms with van der Waals surface area (Å²) < 4.78 is 16.4. The SMILES string of the molecule is COc1ccc(C(=O)CCCCCC(=O)C[C@H](CN2CCCC2)[C@@H](O)c2ccc3c(c2)OCCO3)cc1. The van der Waals surface area contributed by atoms with Crippen molar-refractivity contribution in [3.63, 3.8) is 0 Å². The molecule has 0 aliphatic carbocycles. The van der Waals surface area contributed by atoms with Gasteiger partial charge in [-0.25, -0.2) is 0 Å². The molecule has 2 aromatic carbocycles. The summed E-state index contributed by atoms with van der Waals surface area (Å²) in [5, 5.41) is 11.3. The van der Waals surface area contributed by atoms with Gasteiger partial charge in [-0.1, -0.05) is 12.5 Å². The average Bonchev–Trinajstić information content (AvgIpc) is 3.45. The van der Waals surface area contributed by atoms with Crippen LogP contribution in [0, 0.1) is 5.92 Å². The molecule has 0 bridgehead atoms. The maximum absolute atomic E-state index is 12.9. The summed E-state index contributed by atoms with van der Waals surface area (Å²) in [5.74, 6) is 2.18. The maximum Gasteiger partial charge on any atom is 0.162 e. The number of aliphatic hydroxyl groups is 1. The van der Waals surface area contributed by atoms with E-state index in [4.69, 9.17) is 14.2 Å². The molecule has 1 N–H and O–H groups in total. The number of hydrogen-bond acceptors (Lipinski definition) is 7. The summed E-state index contributed by atoms with van der Waals surface area (Å²) >= 11 is 0. The molecule has 0 amide bonds. The molecule has 37 heavy (non-hydrogen) atoms. The van der Waals surface area contributed by atoms with E-state index < -0.39 is 6.10 Å². The van der Waals surface area contributed by atoms with Crippen molar-refractivity contribution in [3.05, 3.63) is 53.6 Å². The highest BCUT2D eigenvalue weighted by molar-refractivity contribution is 5.96. The number of ketones is 2. The zero-order chi connectivity index (χ0) is 26.0.